The maximum Gasteiger partial charge on any atom is 0.146 e. The summed E-state index contributed by atoms with van der Waals surface area (Å²) in [4.78, 5) is 0. The molecule has 2 aromatic carbocycles. The molecule has 2 rings (SSSR count). The lowest BCUT2D eigenvalue weighted by Crippen LogP contribution is -2.21. The molecule has 0 aliphatic carbocycles. The van der Waals surface area contributed by atoms with E-state index in [1.807, 2.05) is 42.5 Å². The maximum absolute atomic E-state index is 6.26. The third-order valence-corrected chi connectivity index (χ3v) is 3.58. The van der Waals surface area contributed by atoms with E-state index in [2.05, 4.69) is 35.1 Å². The van der Waals surface area contributed by atoms with Gasteiger partial charge in [-0.25, -0.2) is 0 Å². The van der Waals surface area contributed by atoms with Gasteiger partial charge in [-0.15, -0.1) is 0 Å². The van der Waals surface area contributed by atoms with Crippen molar-refractivity contribution in [2.45, 2.75) is 26.4 Å². The van der Waals surface area contributed by atoms with E-state index in [4.69, 9.17) is 16.3 Å². The second-order valence-corrected chi connectivity index (χ2v) is 6.18. The van der Waals surface area contributed by atoms with Crippen LogP contribution in [0.2, 0.25) is 5.02 Å². The van der Waals surface area contributed by atoms with Gasteiger partial charge in [0, 0.05) is 17.1 Å². The fourth-order valence-electron chi connectivity index (χ4n) is 1.69. The highest BCUT2D eigenvalue weighted by molar-refractivity contribution is 9.10. The lowest BCUT2D eigenvalue weighted by molar-refractivity contribution is 0.482. The SMILES string of the molecule is CC(C)NCc1ccc(Oc2ccc(Br)cc2)c(Cl)c1. The Kier molecular flexibility index (Phi) is 5.46. The lowest BCUT2D eigenvalue weighted by Gasteiger charge is -2.11. The largest absolute Gasteiger partial charge is 0.456 e. The summed E-state index contributed by atoms with van der Waals surface area (Å²) in [6.07, 6.45) is 0. The van der Waals surface area contributed by atoms with Crippen molar-refractivity contribution in [3.8, 4) is 11.5 Å². The number of hydrogen-bond donors (Lipinski definition) is 1. The van der Waals surface area contributed by atoms with Gasteiger partial charge < -0.3 is 10.1 Å². The van der Waals surface area contributed by atoms with Gasteiger partial charge in [0.2, 0.25) is 0 Å². The molecule has 20 heavy (non-hydrogen) atoms. The molecule has 0 saturated carbocycles. The van der Waals surface area contributed by atoms with E-state index in [9.17, 15) is 0 Å². The number of rotatable bonds is 5. The first kappa shape index (κ1) is 15.4. The highest BCUT2D eigenvalue weighted by Crippen LogP contribution is 2.30. The van der Waals surface area contributed by atoms with Gasteiger partial charge in [0.05, 0.1) is 5.02 Å². The van der Waals surface area contributed by atoms with Gasteiger partial charge in [-0.2, -0.15) is 0 Å². The van der Waals surface area contributed by atoms with Crippen LogP contribution in [0.1, 0.15) is 19.4 Å². The van der Waals surface area contributed by atoms with Crippen LogP contribution in [0.4, 0.5) is 0 Å². The van der Waals surface area contributed by atoms with Crippen LogP contribution in [0.15, 0.2) is 46.9 Å². The minimum absolute atomic E-state index is 0.451. The molecule has 0 spiro atoms. The summed E-state index contributed by atoms with van der Waals surface area (Å²) in [6.45, 7) is 5.04. The number of hydrogen-bond acceptors (Lipinski definition) is 2. The first-order valence-corrected chi connectivity index (χ1v) is 7.67. The Morgan fingerprint density at radius 3 is 2.45 bits per heavy atom. The highest BCUT2D eigenvalue weighted by atomic mass is 79.9. The van der Waals surface area contributed by atoms with Gasteiger partial charge in [0.1, 0.15) is 11.5 Å². The van der Waals surface area contributed by atoms with Crippen molar-refractivity contribution in [1.82, 2.24) is 5.32 Å². The first-order valence-electron chi connectivity index (χ1n) is 6.50. The summed E-state index contributed by atoms with van der Waals surface area (Å²) < 4.78 is 6.79. The van der Waals surface area contributed by atoms with E-state index < -0.39 is 0 Å². The molecule has 0 unspecified atom stereocenters. The Labute approximate surface area is 133 Å². The molecular formula is C16H17BrClNO. The van der Waals surface area contributed by atoms with Crippen LogP contribution in [-0.4, -0.2) is 6.04 Å². The molecule has 0 aliphatic heterocycles. The van der Waals surface area contributed by atoms with Crippen molar-refractivity contribution in [2.75, 3.05) is 0 Å². The summed E-state index contributed by atoms with van der Waals surface area (Å²) >= 11 is 9.66. The summed E-state index contributed by atoms with van der Waals surface area (Å²) in [7, 11) is 0. The smallest absolute Gasteiger partial charge is 0.146 e. The van der Waals surface area contributed by atoms with Crippen LogP contribution in [0.25, 0.3) is 0 Å². The molecule has 0 amide bonds. The van der Waals surface area contributed by atoms with Crippen LogP contribution >= 0.6 is 27.5 Å². The summed E-state index contributed by atoms with van der Waals surface area (Å²) in [6, 6.07) is 14.0. The maximum atomic E-state index is 6.26. The van der Waals surface area contributed by atoms with E-state index >= 15 is 0 Å². The van der Waals surface area contributed by atoms with E-state index in [-0.39, 0.29) is 0 Å². The molecule has 0 radical (unpaired) electrons. The Morgan fingerprint density at radius 1 is 1.15 bits per heavy atom. The van der Waals surface area contributed by atoms with Gasteiger partial charge in [-0.1, -0.05) is 47.4 Å². The molecule has 4 heteroatoms. The van der Waals surface area contributed by atoms with Gasteiger partial charge in [0.25, 0.3) is 0 Å². The molecule has 0 aliphatic rings. The zero-order valence-corrected chi connectivity index (χ0v) is 13.8. The number of halogens is 2. The summed E-state index contributed by atoms with van der Waals surface area (Å²) in [5.74, 6) is 1.44. The van der Waals surface area contributed by atoms with E-state index in [1.165, 1.54) is 0 Å². The van der Waals surface area contributed by atoms with E-state index in [0.29, 0.717) is 16.8 Å². The summed E-state index contributed by atoms with van der Waals surface area (Å²) in [5.41, 5.74) is 1.15. The number of benzene rings is 2. The Bertz CT molecular complexity index is 569. The van der Waals surface area contributed by atoms with Gasteiger partial charge in [-0.05, 0) is 42.0 Å². The molecule has 2 nitrogen and oxygen atoms in total. The van der Waals surface area contributed by atoms with Crippen molar-refractivity contribution in [3.63, 3.8) is 0 Å². The molecule has 106 valence electrons. The van der Waals surface area contributed by atoms with Crippen LogP contribution in [0.5, 0.6) is 11.5 Å². The monoisotopic (exact) mass is 353 g/mol. The summed E-state index contributed by atoms with van der Waals surface area (Å²) in [5, 5.41) is 3.98. The molecule has 0 fully saturated rings. The second kappa shape index (κ2) is 7.11. The van der Waals surface area contributed by atoms with Crippen LogP contribution < -0.4 is 10.1 Å². The Hall–Kier alpha value is -1.03. The minimum Gasteiger partial charge on any atom is -0.456 e. The fourth-order valence-corrected chi connectivity index (χ4v) is 2.19. The molecule has 0 saturated heterocycles. The lowest BCUT2D eigenvalue weighted by atomic mass is 10.2. The zero-order valence-electron chi connectivity index (χ0n) is 11.5. The van der Waals surface area contributed by atoms with Gasteiger partial charge >= 0.3 is 0 Å². The van der Waals surface area contributed by atoms with Gasteiger partial charge in [0.15, 0.2) is 0 Å². The zero-order chi connectivity index (χ0) is 14.5. The van der Waals surface area contributed by atoms with E-state index in [1.54, 1.807) is 0 Å². The van der Waals surface area contributed by atoms with Crippen molar-refractivity contribution >= 4 is 27.5 Å². The predicted molar refractivity (Wildman–Crippen MR) is 87.6 cm³/mol. The Balaban J connectivity index is 2.07. The molecular weight excluding hydrogens is 338 g/mol. The Morgan fingerprint density at radius 2 is 1.85 bits per heavy atom. The van der Waals surface area contributed by atoms with Crippen molar-refractivity contribution in [2.24, 2.45) is 0 Å². The van der Waals surface area contributed by atoms with Gasteiger partial charge in [-0.3, -0.25) is 0 Å². The molecule has 0 bridgehead atoms. The molecule has 1 N–H and O–H groups in total. The molecule has 0 atom stereocenters. The normalized spacial score (nSPS) is 10.8. The fraction of sp³-hybridized carbons (Fsp3) is 0.250. The average Bonchev–Trinajstić information content (AvgIpc) is 2.41. The molecule has 2 aromatic rings. The quantitative estimate of drug-likeness (QED) is 0.777. The van der Waals surface area contributed by atoms with Crippen molar-refractivity contribution in [1.29, 1.82) is 0 Å². The van der Waals surface area contributed by atoms with Crippen LogP contribution in [0.3, 0.4) is 0 Å². The molecule has 0 aromatic heterocycles. The van der Waals surface area contributed by atoms with Crippen molar-refractivity contribution in [3.05, 3.63) is 57.5 Å². The third-order valence-electron chi connectivity index (χ3n) is 2.75. The third kappa shape index (κ3) is 4.51. The van der Waals surface area contributed by atoms with Crippen molar-refractivity contribution < 1.29 is 4.74 Å². The number of ether oxygens (including phenoxy) is 1. The minimum atomic E-state index is 0.451. The van der Waals surface area contributed by atoms with E-state index in [0.717, 1.165) is 22.3 Å². The average molecular weight is 355 g/mol. The number of nitrogens with one attached hydrogen (secondary N) is 1. The topological polar surface area (TPSA) is 21.3 Å². The van der Waals surface area contributed by atoms with Crippen LogP contribution in [-0.2, 0) is 6.54 Å². The van der Waals surface area contributed by atoms with Crippen LogP contribution in [0, 0.1) is 0 Å². The standard InChI is InChI=1S/C16H17BrClNO/c1-11(2)19-10-12-3-8-16(15(18)9-12)20-14-6-4-13(17)5-7-14/h3-9,11,19H,10H2,1-2H3. The first-order chi connectivity index (χ1) is 9.54. The molecule has 0 heterocycles. The second-order valence-electron chi connectivity index (χ2n) is 4.86. The highest BCUT2D eigenvalue weighted by Gasteiger charge is 2.05. The predicted octanol–water partition coefficient (Wildman–Crippen LogP) is 5.39.